The lowest BCUT2D eigenvalue weighted by Gasteiger charge is -2.22. The number of aromatic nitrogens is 2. The Morgan fingerprint density at radius 1 is 1.10 bits per heavy atom. The van der Waals surface area contributed by atoms with Crippen molar-refractivity contribution < 1.29 is 23.7 Å². The molecule has 2 aromatic rings. The molecule has 9 nitrogen and oxygen atoms in total. The number of nitrogens with zero attached hydrogens (tertiary/aromatic N) is 3. The molecule has 0 saturated carbocycles. The highest BCUT2D eigenvalue weighted by Gasteiger charge is 2.35. The Kier molecular flexibility index (Phi) is 5.95. The van der Waals surface area contributed by atoms with Crippen molar-refractivity contribution in [3.8, 4) is 17.2 Å². The van der Waals surface area contributed by atoms with Crippen molar-refractivity contribution in [3.05, 3.63) is 34.6 Å². The highest BCUT2D eigenvalue weighted by atomic mass is 16.5. The molecule has 0 fully saturated rings. The van der Waals surface area contributed by atoms with Gasteiger partial charge in [-0.25, -0.2) is 0 Å². The smallest absolute Gasteiger partial charge is 0.243 e. The molecule has 9 heteroatoms. The molecule has 0 radical (unpaired) electrons. The van der Waals surface area contributed by atoms with Crippen molar-refractivity contribution in [1.82, 2.24) is 15.2 Å². The maximum atomic E-state index is 12.2. The quantitative estimate of drug-likeness (QED) is 0.765. The van der Waals surface area contributed by atoms with Crippen molar-refractivity contribution in [1.29, 1.82) is 0 Å². The lowest BCUT2D eigenvalue weighted by Crippen LogP contribution is -2.25. The number of aromatic amines is 1. The summed E-state index contributed by atoms with van der Waals surface area (Å²) in [5.74, 6) is 1.78. The molecule has 1 aliphatic heterocycles. The van der Waals surface area contributed by atoms with Crippen LogP contribution in [0.4, 0.5) is 0 Å². The van der Waals surface area contributed by atoms with Gasteiger partial charge < -0.3 is 18.9 Å². The lowest BCUT2D eigenvalue weighted by atomic mass is 10.1. The number of aryl methyl sites for hydroxylation is 2. The summed E-state index contributed by atoms with van der Waals surface area (Å²) < 4.78 is 22.3. The fraction of sp³-hybridized carbons (Fsp3) is 0.450. The third-order valence-electron chi connectivity index (χ3n) is 4.88. The molecule has 1 aromatic carbocycles. The van der Waals surface area contributed by atoms with Crippen molar-refractivity contribution in [2.45, 2.75) is 39.8 Å². The Morgan fingerprint density at radius 2 is 1.76 bits per heavy atom. The molecule has 0 aliphatic carbocycles. The van der Waals surface area contributed by atoms with Gasteiger partial charge in [0.1, 0.15) is 5.75 Å². The van der Waals surface area contributed by atoms with Crippen LogP contribution < -0.4 is 14.2 Å². The fourth-order valence-corrected chi connectivity index (χ4v) is 3.33. The van der Waals surface area contributed by atoms with E-state index in [0.29, 0.717) is 41.6 Å². The second-order valence-corrected chi connectivity index (χ2v) is 6.69. The minimum atomic E-state index is -0.746. The van der Waals surface area contributed by atoms with Gasteiger partial charge in [0.15, 0.2) is 11.5 Å². The van der Waals surface area contributed by atoms with Gasteiger partial charge in [-0.3, -0.25) is 9.89 Å². The molecule has 1 aromatic heterocycles. The number of amides is 1. The van der Waals surface area contributed by atoms with Gasteiger partial charge in [-0.15, -0.1) is 5.10 Å². The lowest BCUT2D eigenvalue weighted by molar-refractivity contribution is -0.135. The Hall–Kier alpha value is -3.23. The maximum Gasteiger partial charge on any atom is 0.243 e. The summed E-state index contributed by atoms with van der Waals surface area (Å²) in [6.45, 7) is 5.38. The number of nitrogens with one attached hydrogen (secondary N) is 1. The first kappa shape index (κ1) is 20.5. The maximum absolute atomic E-state index is 12.2. The van der Waals surface area contributed by atoms with Crippen LogP contribution in [0.25, 0.3) is 0 Å². The molecule has 29 heavy (non-hydrogen) atoms. The van der Waals surface area contributed by atoms with Gasteiger partial charge in [0.2, 0.25) is 18.0 Å². The average molecular weight is 402 g/mol. The Morgan fingerprint density at radius 3 is 2.31 bits per heavy atom. The summed E-state index contributed by atoms with van der Waals surface area (Å²) in [5.41, 5.74) is 3.71. The molecule has 2 heterocycles. The third kappa shape index (κ3) is 3.98. The summed E-state index contributed by atoms with van der Waals surface area (Å²) in [6, 6.07) is 3.44. The Labute approximate surface area is 169 Å². The van der Waals surface area contributed by atoms with Crippen LogP contribution in [0.15, 0.2) is 17.2 Å². The normalized spacial score (nSPS) is 15.7. The van der Waals surface area contributed by atoms with Crippen LogP contribution in [0, 0.1) is 13.8 Å². The number of H-pyrrole nitrogens is 1. The van der Waals surface area contributed by atoms with Crippen molar-refractivity contribution >= 4 is 11.8 Å². The number of hydrazone groups is 1. The van der Waals surface area contributed by atoms with E-state index >= 15 is 0 Å². The molecule has 1 aliphatic rings. The number of methoxy groups -OCH3 is 3. The van der Waals surface area contributed by atoms with Gasteiger partial charge in [0.05, 0.1) is 32.6 Å². The first-order valence-electron chi connectivity index (χ1n) is 9.23. The molecule has 0 bridgehead atoms. The van der Waals surface area contributed by atoms with Crippen LogP contribution in [-0.4, -0.2) is 48.3 Å². The van der Waals surface area contributed by atoms with E-state index in [-0.39, 0.29) is 5.91 Å². The molecule has 0 unspecified atom stereocenters. The van der Waals surface area contributed by atoms with E-state index in [1.54, 1.807) is 33.5 Å². The van der Waals surface area contributed by atoms with Gasteiger partial charge in [0, 0.05) is 25.1 Å². The highest BCUT2D eigenvalue weighted by molar-refractivity contribution is 5.83. The van der Waals surface area contributed by atoms with Crippen molar-refractivity contribution in [2.75, 3.05) is 21.3 Å². The third-order valence-corrected chi connectivity index (χ3v) is 4.88. The van der Waals surface area contributed by atoms with E-state index in [2.05, 4.69) is 15.3 Å². The second-order valence-electron chi connectivity index (χ2n) is 6.69. The molecule has 156 valence electrons. The summed E-state index contributed by atoms with van der Waals surface area (Å²) in [5, 5.41) is 12.9. The summed E-state index contributed by atoms with van der Waals surface area (Å²) in [7, 11) is 4.64. The molecule has 0 spiro atoms. The van der Waals surface area contributed by atoms with E-state index in [4.69, 9.17) is 18.9 Å². The number of hydrogen-bond donors (Lipinski definition) is 1. The van der Waals surface area contributed by atoms with Gasteiger partial charge in [0.25, 0.3) is 0 Å². The standard InChI is InChI=1S/C20H26N4O5/c1-11-14(12(2)22-21-11)7-8-19-23-24(13(3)25)20(29-19)15-9-17(27-5)18(28-6)10-16(15)26-4/h9-10,20H,7-8H2,1-6H3,(H,21,22)/t20-/m0/s1. The molecule has 3 rings (SSSR count). The predicted molar refractivity (Wildman–Crippen MR) is 106 cm³/mol. The largest absolute Gasteiger partial charge is 0.496 e. The van der Waals surface area contributed by atoms with E-state index in [1.165, 1.54) is 11.9 Å². The molecule has 1 atom stereocenters. The van der Waals surface area contributed by atoms with Crippen LogP contribution >= 0.6 is 0 Å². The first-order valence-corrected chi connectivity index (χ1v) is 9.23. The number of rotatable bonds is 7. The number of ether oxygens (including phenoxy) is 4. The minimum absolute atomic E-state index is 0.238. The van der Waals surface area contributed by atoms with E-state index < -0.39 is 6.23 Å². The Bertz CT molecular complexity index is 918. The van der Waals surface area contributed by atoms with E-state index in [9.17, 15) is 4.79 Å². The van der Waals surface area contributed by atoms with Crippen LogP contribution in [0.2, 0.25) is 0 Å². The zero-order valence-electron chi connectivity index (χ0n) is 17.5. The summed E-state index contributed by atoms with van der Waals surface area (Å²) >= 11 is 0. The van der Waals surface area contributed by atoms with Crippen LogP contribution in [0.1, 0.15) is 42.1 Å². The van der Waals surface area contributed by atoms with Gasteiger partial charge in [-0.1, -0.05) is 0 Å². The molecular formula is C20H26N4O5. The number of carbonyl (C=O) groups excluding carboxylic acids is 1. The van der Waals surface area contributed by atoms with Crippen molar-refractivity contribution in [3.63, 3.8) is 0 Å². The Balaban J connectivity index is 1.88. The zero-order valence-corrected chi connectivity index (χ0v) is 17.5. The fourth-order valence-electron chi connectivity index (χ4n) is 3.33. The number of carbonyl (C=O) groups is 1. The first-order chi connectivity index (χ1) is 13.9. The topological polar surface area (TPSA) is 98.3 Å². The zero-order chi connectivity index (χ0) is 21.1. The van der Waals surface area contributed by atoms with E-state index in [0.717, 1.165) is 17.0 Å². The number of benzene rings is 1. The summed E-state index contributed by atoms with van der Waals surface area (Å²) in [4.78, 5) is 12.2. The van der Waals surface area contributed by atoms with Gasteiger partial charge in [-0.2, -0.15) is 10.1 Å². The molecule has 0 saturated heterocycles. The van der Waals surface area contributed by atoms with Crippen molar-refractivity contribution in [2.24, 2.45) is 5.10 Å². The van der Waals surface area contributed by atoms with Crippen LogP contribution in [0.3, 0.4) is 0 Å². The van der Waals surface area contributed by atoms with Crippen LogP contribution in [0.5, 0.6) is 17.2 Å². The van der Waals surface area contributed by atoms with Gasteiger partial charge in [-0.05, 0) is 31.9 Å². The highest BCUT2D eigenvalue weighted by Crippen LogP contribution is 2.41. The minimum Gasteiger partial charge on any atom is -0.496 e. The van der Waals surface area contributed by atoms with E-state index in [1.807, 2.05) is 13.8 Å². The molecular weight excluding hydrogens is 376 g/mol. The SMILES string of the molecule is COc1cc(OC)c([C@@H]2OC(CCc3c(C)n[nH]c3C)=NN2C(C)=O)cc1OC. The summed E-state index contributed by atoms with van der Waals surface area (Å²) in [6.07, 6.45) is 0.495. The predicted octanol–water partition coefficient (Wildman–Crippen LogP) is 2.88. The van der Waals surface area contributed by atoms with Crippen LogP contribution in [-0.2, 0) is 16.0 Å². The molecule has 1 N–H and O–H groups in total. The second kappa shape index (κ2) is 8.42. The monoisotopic (exact) mass is 402 g/mol. The molecule has 1 amide bonds. The average Bonchev–Trinajstić information content (AvgIpc) is 3.28. The number of hydrogen-bond acceptors (Lipinski definition) is 7. The van der Waals surface area contributed by atoms with Gasteiger partial charge >= 0.3 is 0 Å².